The first-order valence-electron chi connectivity index (χ1n) is 10.2. The van der Waals surface area contributed by atoms with E-state index in [-0.39, 0.29) is 34.3 Å². The number of benzene rings is 2. The van der Waals surface area contributed by atoms with Crippen LogP contribution in [-0.2, 0) is 21.7 Å². The van der Waals surface area contributed by atoms with Gasteiger partial charge in [-0.3, -0.25) is 15.1 Å². The molecule has 2 heterocycles. The molecule has 0 aromatic heterocycles. The zero-order valence-electron chi connectivity index (χ0n) is 17.2. The van der Waals surface area contributed by atoms with Crippen molar-refractivity contribution in [2.45, 2.75) is 25.0 Å². The normalized spacial score (nSPS) is 20.8. The van der Waals surface area contributed by atoms with Gasteiger partial charge in [0.25, 0.3) is 5.91 Å². The maximum Gasteiger partial charge on any atom is 0.412 e. The molecule has 0 unspecified atom stereocenters. The molecule has 1 atom stereocenters. The Hall–Kier alpha value is -3.39. The largest absolute Gasteiger partial charge is 0.436 e. The van der Waals surface area contributed by atoms with Crippen LogP contribution in [0, 0.1) is 5.82 Å². The predicted octanol–water partition coefficient (Wildman–Crippen LogP) is 3.97. The zero-order valence-corrected chi connectivity index (χ0v) is 17.9. The maximum atomic E-state index is 15.0. The van der Waals surface area contributed by atoms with E-state index in [2.05, 4.69) is 10.3 Å². The fraction of sp³-hybridized carbons (Fsp3) is 0.261. The number of rotatable bonds is 4. The molecule has 0 radical (unpaired) electrons. The molecule has 0 saturated carbocycles. The Kier molecular flexibility index (Phi) is 6.14. The summed E-state index contributed by atoms with van der Waals surface area (Å²) in [5, 5.41) is 2.42. The lowest BCUT2D eigenvalue weighted by atomic mass is 9.83. The number of nitrogens with zero attached hydrogens (tertiary/aromatic N) is 2. The fourth-order valence-electron chi connectivity index (χ4n) is 4.13. The number of nitrogens with one attached hydrogen (secondary N) is 1. The number of fused-ring (bicyclic) bond motifs is 2. The first kappa shape index (κ1) is 21.8. The van der Waals surface area contributed by atoms with E-state index in [4.69, 9.17) is 22.1 Å². The Labute approximate surface area is 189 Å². The lowest BCUT2D eigenvalue weighted by Crippen LogP contribution is -2.54. The number of piperidine rings is 1. The third-order valence-corrected chi connectivity index (χ3v) is 5.88. The van der Waals surface area contributed by atoms with Gasteiger partial charge < -0.3 is 15.4 Å². The Morgan fingerprint density at radius 3 is 2.84 bits per heavy atom. The van der Waals surface area contributed by atoms with Crippen molar-refractivity contribution in [2.75, 3.05) is 18.4 Å². The van der Waals surface area contributed by atoms with Gasteiger partial charge in [-0.15, -0.1) is 0 Å². The number of carbonyl (C=O) groups is 2. The number of amides is 2. The first-order valence-corrected chi connectivity index (χ1v) is 10.5. The molecule has 1 spiro atoms. The van der Waals surface area contributed by atoms with Gasteiger partial charge in [0.1, 0.15) is 0 Å². The monoisotopic (exact) mass is 456 g/mol. The number of hydrogen-bond acceptors (Lipinski definition) is 5. The summed E-state index contributed by atoms with van der Waals surface area (Å²) < 4.78 is 20.6. The molecule has 2 aliphatic rings. The summed E-state index contributed by atoms with van der Waals surface area (Å²) in [6.07, 6.45) is 2.78. The van der Waals surface area contributed by atoms with E-state index in [9.17, 15) is 9.59 Å². The first-order chi connectivity index (χ1) is 15.4. The van der Waals surface area contributed by atoms with Crippen molar-refractivity contribution in [2.24, 2.45) is 10.7 Å². The Morgan fingerprint density at radius 2 is 2.09 bits per heavy atom. The van der Waals surface area contributed by atoms with Crippen LogP contribution in [0.5, 0.6) is 0 Å². The molecule has 1 fully saturated rings. The third kappa shape index (κ3) is 4.18. The molecule has 0 aliphatic carbocycles. The van der Waals surface area contributed by atoms with Crippen molar-refractivity contribution in [1.82, 2.24) is 4.90 Å². The number of aliphatic imine (C=N–C) groups is 1. The van der Waals surface area contributed by atoms with Crippen LogP contribution in [0.15, 0.2) is 59.2 Å². The molecule has 2 aromatic carbocycles. The Balaban J connectivity index is 1.57. The van der Waals surface area contributed by atoms with Gasteiger partial charge in [-0.1, -0.05) is 41.9 Å². The Bertz CT molecular complexity index is 1110. The van der Waals surface area contributed by atoms with E-state index >= 15 is 4.39 Å². The Morgan fingerprint density at radius 1 is 1.31 bits per heavy atom. The summed E-state index contributed by atoms with van der Waals surface area (Å²) in [4.78, 5) is 31.2. The topological polar surface area (TPSA) is 97.0 Å². The number of likely N-dealkylation sites (tertiary alicyclic amines) is 1. The number of anilines is 1. The minimum Gasteiger partial charge on any atom is -0.436 e. The van der Waals surface area contributed by atoms with Gasteiger partial charge in [0.05, 0.1) is 34.9 Å². The maximum absolute atomic E-state index is 15.0. The summed E-state index contributed by atoms with van der Waals surface area (Å²) >= 11 is 6.00. The van der Waals surface area contributed by atoms with Crippen LogP contribution in [0.3, 0.4) is 0 Å². The van der Waals surface area contributed by atoms with Crippen molar-refractivity contribution in [3.8, 4) is 0 Å². The van der Waals surface area contributed by atoms with E-state index < -0.39 is 17.5 Å². The van der Waals surface area contributed by atoms with Crippen LogP contribution >= 0.6 is 11.6 Å². The summed E-state index contributed by atoms with van der Waals surface area (Å²) in [6.45, 7) is 0.788. The lowest BCUT2D eigenvalue weighted by molar-refractivity contribution is -0.134. The molecule has 2 amide bonds. The van der Waals surface area contributed by atoms with Crippen LogP contribution in [0.2, 0.25) is 5.02 Å². The quantitative estimate of drug-likeness (QED) is 0.537. The van der Waals surface area contributed by atoms with Gasteiger partial charge in [-0.05, 0) is 30.5 Å². The molecule has 2 aliphatic heterocycles. The SMILES string of the molecule is NC=C(C=NCc1ccccc1)C(=O)N1CCC[C@@]2(C1)OC(=O)Nc1ccc(Cl)c(F)c12. The molecule has 7 nitrogen and oxygen atoms in total. The predicted molar refractivity (Wildman–Crippen MR) is 120 cm³/mol. The highest BCUT2D eigenvalue weighted by Gasteiger charge is 2.48. The molecular formula is C23H22ClFN4O3. The number of hydrogen-bond donors (Lipinski definition) is 2. The smallest absolute Gasteiger partial charge is 0.412 e. The second-order valence-corrected chi connectivity index (χ2v) is 8.11. The molecule has 1 saturated heterocycles. The average molecular weight is 457 g/mol. The van der Waals surface area contributed by atoms with Crippen molar-refractivity contribution in [3.05, 3.63) is 76.2 Å². The van der Waals surface area contributed by atoms with Gasteiger partial charge in [-0.2, -0.15) is 0 Å². The van der Waals surface area contributed by atoms with Crippen LogP contribution < -0.4 is 11.1 Å². The van der Waals surface area contributed by atoms with Crippen LogP contribution in [-0.4, -0.2) is 36.2 Å². The molecule has 4 rings (SSSR count). The summed E-state index contributed by atoms with van der Waals surface area (Å²) in [6, 6.07) is 12.5. The van der Waals surface area contributed by atoms with Gasteiger partial charge in [0, 0.05) is 19.0 Å². The highest BCUT2D eigenvalue weighted by atomic mass is 35.5. The summed E-state index contributed by atoms with van der Waals surface area (Å²) in [5.41, 5.74) is 6.00. The molecule has 9 heteroatoms. The molecule has 2 aromatic rings. The van der Waals surface area contributed by atoms with Crippen molar-refractivity contribution >= 4 is 35.5 Å². The second-order valence-electron chi connectivity index (χ2n) is 7.70. The summed E-state index contributed by atoms with van der Waals surface area (Å²) in [5.74, 6) is -1.04. The standard InChI is InChI=1S/C23H22ClFN4O3/c24-17-7-8-18-19(20(17)25)23(32-22(31)28-18)9-4-10-29(14-23)21(30)16(11-26)13-27-12-15-5-2-1-3-6-15/h1-3,5-8,11,13H,4,9-10,12,14,26H2,(H,28,31)/t23-/m0/s1. The van der Waals surface area contributed by atoms with Crippen molar-refractivity contribution in [3.63, 3.8) is 0 Å². The highest BCUT2D eigenvalue weighted by Crippen LogP contribution is 2.45. The molecule has 32 heavy (non-hydrogen) atoms. The minimum absolute atomic E-state index is 0.0205. The van der Waals surface area contributed by atoms with Crippen LogP contribution in [0.25, 0.3) is 0 Å². The van der Waals surface area contributed by atoms with Gasteiger partial charge in [0.15, 0.2) is 11.4 Å². The summed E-state index contributed by atoms with van der Waals surface area (Å²) in [7, 11) is 0. The second kappa shape index (κ2) is 9.00. The lowest BCUT2D eigenvalue weighted by Gasteiger charge is -2.45. The molecular weight excluding hydrogens is 435 g/mol. The van der Waals surface area contributed by atoms with E-state index in [1.165, 1.54) is 29.4 Å². The molecule has 3 N–H and O–H groups in total. The van der Waals surface area contributed by atoms with Crippen molar-refractivity contribution < 1.29 is 18.7 Å². The van der Waals surface area contributed by atoms with Gasteiger partial charge >= 0.3 is 6.09 Å². The third-order valence-electron chi connectivity index (χ3n) is 5.59. The van der Waals surface area contributed by atoms with Gasteiger partial charge in [-0.25, -0.2) is 9.18 Å². The van der Waals surface area contributed by atoms with E-state index in [1.807, 2.05) is 30.3 Å². The van der Waals surface area contributed by atoms with E-state index in [0.29, 0.717) is 25.9 Å². The fourth-order valence-corrected chi connectivity index (χ4v) is 4.29. The van der Waals surface area contributed by atoms with E-state index in [0.717, 1.165) is 5.56 Å². The average Bonchev–Trinajstić information content (AvgIpc) is 2.79. The number of carbonyl (C=O) groups excluding carboxylic acids is 2. The number of halogens is 2. The van der Waals surface area contributed by atoms with Gasteiger partial charge in [0.2, 0.25) is 0 Å². The highest BCUT2D eigenvalue weighted by molar-refractivity contribution is 6.31. The van der Waals surface area contributed by atoms with Crippen LogP contribution in [0.4, 0.5) is 14.9 Å². The molecule has 0 bridgehead atoms. The minimum atomic E-state index is -1.33. The zero-order chi connectivity index (χ0) is 22.7. The van der Waals surface area contributed by atoms with E-state index in [1.54, 1.807) is 0 Å². The number of nitrogens with two attached hydrogens (primary N) is 1. The van der Waals surface area contributed by atoms with Crippen LogP contribution in [0.1, 0.15) is 24.0 Å². The van der Waals surface area contributed by atoms with Crippen molar-refractivity contribution in [1.29, 1.82) is 0 Å². The molecule has 166 valence electrons. The number of ether oxygens (including phenoxy) is 1.